The van der Waals surface area contributed by atoms with Crippen LogP contribution < -0.4 is 10.6 Å². The molecular formula is C26H29ClF3N3O3. The van der Waals surface area contributed by atoms with Crippen molar-refractivity contribution in [3.63, 3.8) is 0 Å². The maximum absolute atomic E-state index is 13.4. The normalized spacial score (nSPS) is 31.4. The Labute approximate surface area is 212 Å². The van der Waals surface area contributed by atoms with E-state index in [1.807, 2.05) is 20.8 Å². The Hall–Kier alpha value is -2.55. The first-order chi connectivity index (χ1) is 16.8. The fraction of sp³-hybridized carbons (Fsp3) is 0.577. The fourth-order valence-electron chi connectivity index (χ4n) is 6.11. The van der Waals surface area contributed by atoms with Crippen molar-refractivity contribution in [2.45, 2.75) is 83.2 Å². The molecule has 0 spiro atoms. The number of fused-ring (bicyclic) bond motifs is 3. The highest BCUT2D eigenvalue weighted by molar-refractivity contribution is 6.31. The van der Waals surface area contributed by atoms with Gasteiger partial charge < -0.3 is 15.4 Å². The largest absolute Gasteiger partial charge is 0.448 e. The Balaban J connectivity index is 1.27. The minimum Gasteiger partial charge on any atom is -0.448 e. The number of anilines is 1. The summed E-state index contributed by atoms with van der Waals surface area (Å²) in [7, 11) is 0. The molecule has 1 amide bonds. The van der Waals surface area contributed by atoms with Gasteiger partial charge >= 0.3 is 12.1 Å². The van der Waals surface area contributed by atoms with Crippen molar-refractivity contribution in [3.05, 3.63) is 35.0 Å². The predicted molar refractivity (Wildman–Crippen MR) is 130 cm³/mol. The summed E-state index contributed by atoms with van der Waals surface area (Å²) in [5, 5.41) is 7.30. The number of carbonyl (C=O) groups is 2. The van der Waals surface area contributed by atoms with E-state index in [1.165, 1.54) is 12.1 Å². The number of halogens is 4. The van der Waals surface area contributed by atoms with Crippen molar-refractivity contribution >= 4 is 40.1 Å². The van der Waals surface area contributed by atoms with Crippen molar-refractivity contribution in [2.75, 3.05) is 5.32 Å². The predicted octanol–water partition coefficient (Wildman–Crippen LogP) is 5.87. The molecule has 194 valence electrons. The number of rotatable bonds is 4. The summed E-state index contributed by atoms with van der Waals surface area (Å²) >= 11 is 6.10. The molecule has 1 aromatic heterocycles. The molecule has 2 heterocycles. The number of ether oxygens (including phenoxy) is 1. The Morgan fingerprint density at radius 2 is 1.75 bits per heavy atom. The van der Waals surface area contributed by atoms with Crippen molar-refractivity contribution in [1.29, 1.82) is 0 Å². The Kier molecular flexibility index (Phi) is 5.74. The number of hydrogen-bond acceptors (Lipinski definition) is 5. The molecule has 6 nitrogen and oxygen atoms in total. The number of carbonyl (C=O) groups excluding carboxylic acids is 2. The molecule has 1 aliphatic heterocycles. The second kappa shape index (κ2) is 8.23. The molecule has 2 N–H and O–H groups in total. The van der Waals surface area contributed by atoms with Crippen LogP contribution in [0.25, 0.3) is 10.9 Å². The average molecular weight is 524 g/mol. The molecule has 2 aromatic rings. The number of esters is 1. The zero-order valence-corrected chi connectivity index (χ0v) is 21.1. The summed E-state index contributed by atoms with van der Waals surface area (Å²) in [4.78, 5) is 29.6. The van der Waals surface area contributed by atoms with E-state index < -0.39 is 28.3 Å². The van der Waals surface area contributed by atoms with Gasteiger partial charge in [-0.2, -0.15) is 13.2 Å². The third kappa shape index (κ3) is 3.73. The zero-order valence-electron chi connectivity index (χ0n) is 20.4. The first-order valence-electron chi connectivity index (χ1n) is 12.3. The van der Waals surface area contributed by atoms with Gasteiger partial charge in [0.25, 0.3) is 5.91 Å². The summed E-state index contributed by atoms with van der Waals surface area (Å²) in [5.41, 5.74) is -2.84. The maximum Gasteiger partial charge on any atom is 0.433 e. The molecule has 36 heavy (non-hydrogen) atoms. The second-order valence-electron chi connectivity index (χ2n) is 11.1. The van der Waals surface area contributed by atoms with E-state index in [0.29, 0.717) is 54.6 Å². The van der Waals surface area contributed by atoms with Gasteiger partial charge in [-0.25, -0.2) is 4.98 Å². The fourth-order valence-corrected chi connectivity index (χ4v) is 6.29. The molecule has 3 aliphatic rings. The van der Waals surface area contributed by atoms with Gasteiger partial charge in [-0.1, -0.05) is 25.4 Å². The maximum atomic E-state index is 13.4. The molecule has 3 fully saturated rings. The lowest BCUT2D eigenvalue weighted by Gasteiger charge is -2.37. The van der Waals surface area contributed by atoms with E-state index in [2.05, 4.69) is 15.6 Å². The van der Waals surface area contributed by atoms with Gasteiger partial charge in [0, 0.05) is 33.6 Å². The SMILES string of the molecule is CC1(C)[C@]2(C)CC[C@]1(C(=O)NC1CCC(Nc3cc(C(F)(F)F)nc4ccc(Cl)cc34)CC1)OC2=O. The molecule has 2 aliphatic carbocycles. The molecule has 1 aromatic carbocycles. The minimum atomic E-state index is -4.57. The highest BCUT2D eigenvalue weighted by atomic mass is 35.5. The van der Waals surface area contributed by atoms with Gasteiger partial charge in [-0.05, 0) is 69.7 Å². The quantitative estimate of drug-likeness (QED) is 0.490. The highest BCUT2D eigenvalue weighted by Gasteiger charge is 2.75. The smallest absolute Gasteiger partial charge is 0.433 e. The number of nitrogens with one attached hydrogen (secondary N) is 2. The topological polar surface area (TPSA) is 80.3 Å². The number of amides is 1. The van der Waals surface area contributed by atoms with Crippen LogP contribution in [0.15, 0.2) is 24.3 Å². The average Bonchev–Trinajstić information content (AvgIpc) is 3.10. The van der Waals surface area contributed by atoms with Crippen LogP contribution in [0.3, 0.4) is 0 Å². The van der Waals surface area contributed by atoms with Crippen molar-refractivity contribution in [3.8, 4) is 0 Å². The Morgan fingerprint density at radius 1 is 1.08 bits per heavy atom. The summed E-state index contributed by atoms with van der Waals surface area (Å²) < 4.78 is 46.0. The van der Waals surface area contributed by atoms with Crippen LogP contribution in [0.2, 0.25) is 5.02 Å². The Bertz CT molecular complexity index is 1240. The zero-order chi connectivity index (χ0) is 26.1. The molecule has 10 heteroatoms. The van der Waals surface area contributed by atoms with Gasteiger partial charge in [0.1, 0.15) is 5.69 Å². The first kappa shape index (κ1) is 25.1. The molecule has 0 unspecified atom stereocenters. The lowest BCUT2D eigenvalue weighted by Crippen LogP contribution is -2.56. The van der Waals surface area contributed by atoms with Gasteiger partial charge in [0.05, 0.1) is 10.9 Å². The van der Waals surface area contributed by atoms with Crippen LogP contribution in [0.1, 0.15) is 65.0 Å². The van der Waals surface area contributed by atoms with Crippen molar-refractivity contribution in [2.24, 2.45) is 10.8 Å². The lowest BCUT2D eigenvalue weighted by molar-refractivity contribution is -0.168. The van der Waals surface area contributed by atoms with Crippen molar-refractivity contribution < 1.29 is 27.5 Å². The van der Waals surface area contributed by atoms with Crippen molar-refractivity contribution in [1.82, 2.24) is 10.3 Å². The first-order valence-corrected chi connectivity index (χ1v) is 12.6. The summed E-state index contributed by atoms with van der Waals surface area (Å²) in [6.07, 6.45) is -0.826. The number of hydrogen-bond donors (Lipinski definition) is 2. The molecule has 5 rings (SSSR count). The Morgan fingerprint density at radius 3 is 2.33 bits per heavy atom. The molecule has 0 radical (unpaired) electrons. The number of pyridine rings is 1. The minimum absolute atomic E-state index is 0.0718. The standard InChI is InChI=1S/C26H29ClF3N3O3/c1-23(2)24(3)10-11-25(23,36-22(24)35)21(34)32-16-7-5-15(6-8-16)31-19-13-20(26(28,29)30)33-18-9-4-14(27)12-17(18)19/h4,9,12-13,15-16H,5-8,10-11H2,1-3H3,(H,31,33)(H,32,34)/t15?,16?,24-,25-/m1/s1. The van der Waals surface area contributed by atoms with E-state index in [9.17, 15) is 22.8 Å². The number of benzene rings is 1. The van der Waals surface area contributed by atoms with Crippen LogP contribution >= 0.6 is 11.6 Å². The third-order valence-electron chi connectivity index (χ3n) is 8.93. The van der Waals surface area contributed by atoms with Gasteiger partial charge in [-0.15, -0.1) is 0 Å². The molecule has 2 bridgehead atoms. The van der Waals surface area contributed by atoms with Crippen LogP contribution in [0.4, 0.5) is 18.9 Å². The highest BCUT2D eigenvalue weighted by Crippen LogP contribution is 2.65. The van der Waals surface area contributed by atoms with Crippen LogP contribution in [-0.4, -0.2) is 34.5 Å². The van der Waals surface area contributed by atoms with E-state index >= 15 is 0 Å². The van der Waals surface area contributed by atoms with Gasteiger partial charge in [0.15, 0.2) is 5.60 Å². The molecule has 1 saturated heterocycles. The van der Waals surface area contributed by atoms with E-state index in [-0.39, 0.29) is 29.5 Å². The van der Waals surface area contributed by atoms with E-state index in [0.717, 1.165) is 6.07 Å². The number of alkyl halides is 3. The number of nitrogens with zero attached hydrogens (tertiary/aromatic N) is 1. The summed E-state index contributed by atoms with van der Waals surface area (Å²) in [6, 6.07) is 5.47. The van der Waals surface area contributed by atoms with Gasteiger partial charge in [0.2, 0.25) is 0 Å². The number of aromatic nitrogens is 1. The van der Waals surface area contributed by atoms with E-state index in [4.69, 9.17) is 16.3 Å². The molecular weight excluding hydrogens is 495 g/mol. The monoisotopic (exact) mass is 523 g/mol. The second-order valence-corrected chi connectivity index (χ2v) is 11.5. The van der Waals surface area contributed by atoms with Gasteiger partial charge in [-0.3, -0.25) is 9.59 Å². The van der Waals surface area contributed by atoms with Crippen LogP contribution in [0.5, 0.6) is 0 Å². The molecule has 2 atom stereocenters. The summed E-state index contributed by atoms with van der Waals surface area (Å²) in [5.74, 6) is -0.562. The summed E-state index contributed by atoms with van der Waals surface area (Å²) in [6.45, 7) is 5.71. The molecule has 2 saturated carbocycles. The van der Waals surface area contributed by atoms with Crippen LogP contribution in [-0.2, 0) is 20.5 Å². The third-order valence-corrected chi connectivity index (χ3v) is 9.17. The van der Waals surface area contributed by atoms with E-state index in [1.54, 1.807) is 6.07 Å². The lowest BCUT2D eigenvalue weighted by atomic mass is 9.66. The van der Waals surface area contributed by atoms with Crippen LogP contribution in [0, 0.1) is 10.8 Å².